The van der Waals surface area contributed by atoms with Crippen LogP contribution in [0.5, 0.6) is 5.75 Å². The molecule has 2 aromatic carbocycles. The van der Waals surface area contributed by atoms with Gasteiger partial charge in [0, 0.05) is 4.47 Å². The highest BCUT2D eigenvalue weighted by Crippen LogP contribution is 2.30. The van der Waals surface area contributed by atoms with Crippen molar-refractivity contribution in [3.8, 4) is 5.75 Å². The molecule has 0 aliphatic carbocycles. The smallest absolute Gasteiger partial charge is 0.119 e. The van der Waals surface area contributed by atoms with E-state index in [0.29, 0.717) is 6.61 Å². The van der Waals surface area contributed by atoms with E-state index in [-0.39, 0.29) is 6.04 Å². The predicted molar refractivity (Wildman–Crippen MR) is 92.3 cm³/mol. The topological polar surface area (TPSA) is 21.3 Å². The number of halogens is 2. The number of benzene rings is 2. The maximum Gasteiger partial charge on any atom is 0.119 e. The third-order valence-corrected chi connectivity index (χ3v) is 4.40. The zero-order chi connectivity index (χ0) is 15.2. The minimum absolute atomic E-state index is 0.115. The average molecular weight is 369 g/mol. The fourth-order valence-corrected chi connectivity index (χ4v) is 2.79. The SMILES string of the molecule is CCNC(c1cccc(OCC)c1)c1ccc(Cl)c(Br)c1. The van der Waals surface area contributed by atoms with Crippen molar-refractivity contribution in [2.75, 3.05) is 13.2 Å². The molecule has 0 bridgehead atoms. The van der Waals surface area contributed by atoms with Gasteiger partial charge in [0.25, 0.3) is 0 Å². The lowest BCUT2D eigenvalue weighted by molar-refractivity contribution is 0.339. The Bertz CT molecular complexity index is 603. The van der Waals surface area contributed by atoms with E-state index >= 15 is 0 Å². The number of rotatable bonds is 6. The highest BCUT2D eigenvalue weighted by Gasteiger charge is 2.14. The Morgan fingerprint density at radius 3 is 2.57 bits per heavy atom. The van der Waals surface area contributed by atoms with Crippen LogP contribution in [0, 0.1) is 0 Å². The van der Waals surface area contributed by atoms with Gasteiger partial charge in [-0.3, -0.25) is 0 Å². The van der Waals surface area contributed by atoms with Crippen molar-refractivity contribution in [1.29, 1.82) is 0 Å². The van der Waals surface area contributed by atoms with E-state index in [9.17, 15) is 0 Å². The molecule has 0 aromatic heterocycles. The monoisotopic (exact) mass is 367 g/mol. The lowest BCUT2D eigenvalue weighted by atomic mass is 9.98. The van der Waals surface area contributed by atoms with Crippen LogP contribution in [0.4, 0.5) is 0 Å². The van der Waals surface area contributed by atoms with Crippen molar-refractivity contribution < 1.29 is 4.74 Å². The Hall–Kier alpha value is -1.03. The minimum Gasteiger partial charge on any atom is -0.494 e. The summed E-state index contributed by atoms with van der Waals surface area (Å²) in [6.07, 6.45) is 0. The summed E-state index contributed by atoms with van der Waals surface area (Å²) in [5, 5.41) is 4.23. The molecule has 0 aliphatic heterocycles. The zero-order valence-corrected chi connectivity index (χ0v) is 14.5. The van der Waals surface area contributed by atoms with Crippen LogP contribution < -0.4 is 10.1 Å². The number of hydrogen-bond acceptors (Lipinski definition) is 2. The Labute approximate surface area is 139 Å². The number of hydrogen-bond donors (Lipinski definition) is 1. The second-order valence-corrected chi connectivity index (χ2v) is 5.93. The van der Waals surface area contributed by atoms with Crippen LogP contribution in [0.1, 0.15) is 31.0 Å². The van der Waals surface area contributed by atoms with Crippen LogP contribution in [0.15, 0.2) is 46.9 Å². The van der Waals surface area contributed by atoms with Gasteiger partial charge in [-0.25, -0.2) is 0 Å². The number of nitrogens with one attached hydrogen (secondary N) is 1. The van der Waals surface area contributed by atoms with Crippen molar-refractivity contribution in [3.63, 3.8) is 0 Å². The van der Waals surface area contributed by atoms with Crippen LogP contribution in [0.2, 0.25) is 5.02 Å². The van der Waals surface area contributed by atoms with E-state index in [1.54, 1.807) is 0 Å². The molecule has 0 aliphatic rings. The first kappa shape index (κ1) is 16.3. The predicted octanol–water partition coefficient (Wildman–Crippen LogP) is 5.20. The zero-order valence-electron chi connectivity index (χ0n) is 12.2. The molecule has 2 rings (SSSR count). The quantitative estimate of drug-likeness (QED) is 0.756. The molecule has 0 saturated carbocycles. The fraction of sp³-hybridized carbons (Fsp3) is 0.294. The molecule has 112 valence electrons. The molecule has 1 N–H and O–H groups in total. The summed E-state index contributed by atoms with van der Waals surface area (Å²) in [4.78, 5) is 0. The van der Waals surface area contributed by atoms with Crippen molar-refractivity contribution in [2.45, 2.75) is 19.9 Å². The van der Waals surface area contributed by atoms with Crippen LogP contribution in [-0.4, -0.2) is 13.2 Å². The standard InChI is InChI=1S/C17H19BrClNO/c1-3-20-17(13-8-9-16(19)15(18)11-13)12-6-5-7-14(10-12)21-4-2/h5-11,17,20H,3-4H2,1-2H3. The lowest BCUT2D eigenvalue weighted by Crippen LogP contribution is -2.22. The molecular formula is C17H19BrClNO. The maximum atomic E-state index is 6.09. The third kappa shape index (κ3) is 4.22. The summed E-state index contributed by atoms with van der Waals surface area (Å²) in [7, 11) is 0. The van der Waals surface area contributed by atoms with Gasteiger partial charge in [0.1, 0.15) is 5.75 Å². The molecule has 0 fully saturated rings. The summed E-state index contributed by atoms with van der Waals surface area (Å²) in [6.45, 7) is 5.64. The maximum absolute atomic E-state index is 6.09. The van der Waals surface area contributed by atoms with E-state index in [2.05, 4.69) is 46.4 Å². The van der Waals surface area contributed by atoms with Gasteiger partial charge in [-0.05, 0) is 64.8 Å². The van der Waals surface area contributed by atoms with Gasteiger partial charge in [0.2, 0.25) is 0 Å². The summed E-state index contributed by atoms with van der Waals surface area (Å²) >= 11 is 9.58. The number of ether oxygens (including phenoxy) is 1. The van der Waals surface area contributed by atoms with Crippen LogP contribution in [-0.2, 0) is 0 Å². The largest absolute Gasteiger partial charge is 0.494 e. The Morgan fingerprint density at radius 1 is 1.14 bits per heavy atom. The summed E-state index contributed by atoms with van der Waals surface area (Å²) < 4.78 is 6.50. The molecule has 4 heteroatoms. The Morgan fingerprint density at radius 2 is 1.90 bits per heavy atom. The van der Waals surface area contributed by atoms with Gasteiger partial charge in [-0.15, -0.1) is 0 Å². The van der Waals surface area contributed by atoms with E-state index in [1.807, 2.05) is 31.2 Å². The van der Waals surface area contributed by atoms with Crippen molar-refractivity contribution >= 4 is 27.5 Å². The molecule has 0 radical (unpaired) electrons. The average Bonchev–Trinajstić information content (AvgIpc) is 2.48. The summed E-state index contributed by atoms with van der Waals surface area (Å²) in [5.41, 5.74) is 2.35. The van der Waals surface area contributed by atoms with E-state index in [1.165, 1.54) is 11.1 Å². The third-order valence-electron chi connectivity index (χ3n) is 3.19. The highest BCUT2D eigenvalue weighted by atomic mass is 79.9. The van der Waals surface area contributed by atoms with Crippen molar-refractivity contribution in [3.05, 3.63) is 63.1 Å². The van der Waals surface area contributed by atoms with Gasteiger partial charge in [-0.2, -0.15) is 0 Å². The minimum atomic E-state index is 0.115. The molecule has 21 heavy (non-hydrogen) atoms. The molecule has 1 atom stereocenters. The van der Waals surface area contributed by atoms with E-state index < -0.39 is 0 Å². The highest BCUT2D eigenvalue weighted by molar-refractivity contribution is 9.10. The van der Waals surface area contributed by atoms with Crippen molar-refractivity contribution in [2.24, 2.45) is 0 Å². The van der Waals surface area contributed by atoms with Gasteiger partial charge >= 0.3 is 0 Å². The fourth-order valence-electron chi connectivity index (χ4n) is 2.27. The lowest BCUT2D eigenvalue weighted by Gasteiger charge is -2.20. The first-order valence-electron chi connectivity index (χ1n) is 7.06. The Balaban J connectivity index is 2.37. The van der Waals surface area contributed by atoms with Gasteiger partial charge < -0.3 is 10.1 Å². The van der Waals surface area contributed by atoms with Crippen molar-refractivity contribution in [1.82, 2.24) is 5.32 Å². The molecule has 2 nitrogen and oxygen atoms in total. The van der Waals surface area contributed by atoms with E-state index in [4.69, 9.17) is 16.3 Å². The second-order valence-electron chi connectivity index (χ2n) is 4.67. The molecule has 0 saturated heterocycles. The first-order valence-corrected chi connectivity index (χ1v) is 8.23. The first-order chi connectivity index (χ1) is 10.2. The van der Waals surface area contributed by atoms with Gasteiger partial charge in [-0.1, -0.05) is 36.7 Å². The molecule has 2 aromatic rings. The normalized spacial score (nSPS) is 12.2. The van der Waals surface area contributed by atoms with Crippen LogP contribution >= 0.6 is 27.5 Å². The summed E-state index contributed by atoms with van der Waals surface area (Å²) in [6, 6.07) is 14.3. The molecule has 0 spiro atoms. The molecular weight excluding hydrogens is 350 g/mol. The van der Waals surface area contributed by atoms with Crippen LogP contribution in [0.3, 0.4) is 0 Å². The molecule has 0 amide bonds. The van der Waals surface area contributed by atoms with E-state index in [0.717, 1.165) is 21.8 Å². The van der Waals surface area contributed by atoms with Gasteiger partial charge in [0.05, 0.1) is 17.7 Å². The molecule has 0 heterocycles. The van der Waals surface area contributed by atoms with Crippen LogP contribution in [0.25, 0.3) is 0 Å². The summed E-state index contributed by atoms with van der Waals surface area (Å²) in [5.74, 6) is 0.894. The Kier molecular flexibility index (Phi) is 6.09. The molecule has 1 unspecified atom stereocenters. The van der Waals surface area contributed by atoms with Gasteiger partial charge in [0.15, 0.2) is 0 Å². The second kappa shape index (κ2) is 7.83.